The standard InChI is InChI=1S/C7H9N3/c1-10-7-6-8-4-2-3-5-9-10/h2-7H,1H3. The summed E-state index contributed by atoms with van der Waals surface area (Å²) in [4.78, 5) is 3.93. The van der Waals surface area contributed by atoms with Crippen molar-refractivity contribution in [1.29, 1.82) is 0 Å². The third-order valence-electron chi connectivity index (χ3n) is 0.987. The predicted octanol–water partition coefficient (Wildman–Crippen LogP) is 0.939. The van der Waals surface area contributed by atoms with Gasteiger partial charge in [0, 0.05) is 31.8 Å². The summed E-state index contributed by atoms with van der Waals surface area (Å²) < 4.78 is 1.69. The van der Waals surface area contributed by atoms with E-state index in [1.807, 2.05) is 19.2 Å². The molecule has 0 saturated heterocycles. The molecule has 0 saturated carbocycles. The molecule has 1 aromatic rings. The fraction of sp³-hybridized carbons (Fsp3) is 0.143. The van der Waals surface area contributed by atoms with E-state index in [1.165, 1.54) is 0 Å². The molecular weight excluding hydrogens is 126 g/mol. The molecule has 0 aliphatic rings. The fourth-order valence-corrected chi connectivity index (χ4v) is 0.516. The van der Waals surface area contributed by atoms with Crippen molar-refractivity contribution in [2.24, 2.45) is 7.05 Å². The van der Waals surface area contributed by atoms with Gasteiger partial charge in [0.05, 0.1) is 0 Å². The molecule has 1 heterocycles. The summed E-state index contributed by atoms with van der Waals surface area (Å²) in [6, 6.07) is 3.65. The van der Waals surface area contributed by atoms with Crippen molar-refractivity contribution in [3.8, 4) is 0 Å². The average Bonchev–Trinajstić information content (AvgIpc) is 2.02. The SMILES string of the molecule is Cn1ccnccccn1. The van der Waals surface area contributed by atoms with Gasteiger partial charge in [-0.15, -0.1) is 0 Å². The van der Waals surface area contributed by atoms with Crippen molar-refractivity contribution in [3.63, 3.8) is 0 Å². The normalized spacial score (nSPS) is 8.50. The lowest BCUT2D eigenvalue weighted by atomic mass is 10.6. The zero-order chi connectivity index (χ0) is 7.23. The number of hydrogen-bond acceptors (Lipinski definition) is 2. The lowest BCUT2D eigenvalue weighted by Gasteiger charge is -1.84. The van der Waals surface area contributed by atoms with Crippen LogP contribution in [0.25, 0.3) is 0 Å². The molecule has 0 radical (unpaired) electrons. The van der Waals surface area contributed by atoms with Crippen molar-refractivity contribution in [2.75, 3.05) is 0 Å². The maximum Gasteiger partial charge on any atom is 0.0474 e. The highest BCUT2D eigenvalue weighted by molar-refractivity contribution is 4.80. The largest absolute Gasteiger partial charge is 0.274 e. The number of nitrogens with zero attached hydrogens (tertiary/aromatic N) is 3. The van der Waals surface area contributed by atoms with Crippen LogP contribution in [0.4, 0.5) is 0 Å². The van der Waals surface area contributed by atoms with E-state index < -0.39 is 0 Å². The van der Waals surface area contributed by atoms with E-state index in [0.29, 0.717) is 0 Å². The minimum absolute atomic E-state index is 1.69. The molecule has 1 rings (SSSR count). The molecule has 0 aromatic carbocycles. The van der Waals surface area contributed by atoms with Gasteiger partial charge in [-0.25, -0.2) is 0 Å². The molecule has 0 aliphatic carbocycles. The van der Waals surface area contributed by atoms with E-state index >= 15 is 0 Å². The van der Waals surface area contributed by atoms with Gasteiger partial charge in [-0.1, -0.05) is 0 Å². The molecule has 0 atom stereocenters. The van der Waals surface area contributed by atoms with E-state index in [-0.39, 0.29) is 0 Å². The Morgan fingerprint density at radius 3 is 2.80 bits per heavy atom. The minimum atomic E-state index is 1.69. The molecule has 10 heavy (non-hydrogen) atoms. The average molecular weight is 135 g/mol. The van der Waals surface area contributed by atoms with Crippen molar-refractivity contribution in [3.05, 3.63) is 36.9 Å². The molecule has 1 aromatic heterocycles. The van der Waals surface area contributed by atoms with Crippen LogP contribution in [0.5, 0.6) is 0 Å². The monoisotopic (exact) mass is 135 g/mol. The van der Waals surface area contributed by atoms with E-state index in [0.717, 1.165) is 0 Å². The van der Waals surface area contributed by atoms with E-state index in [9.17, 15) is 0 Å². The Labute approximate surface area is 59.7 Å². The van der Waals surface area contributed by atoms with Crippen LogP contribution < -0.4 is 0 Å². The van der Waals surface area contributed by atoms with Crippen molar-refractivity contribution in [1.82, 2.24) is 14.8 Å². The molecule has 3 nitrogen and oxygen atoms in total. The van der Waals surface area contributed by atoms with Crippen LogP contribution >= 0.6 is 0 Å². The van der Waals surface area contributed by atoms with Crippen LogP contribution in [0.3, 0.4) is 0 Å². The Morgan fingerprint density at radius 2 is 1.90 bits per heavy atom. The Balaban J connectivity index is 3.13. The molecule has 0 spiro atoms. The minimum Gasteiger partial charge on any atom is -0.274 e. The van der Waals surface area contributed by atoms with Crippen molar-refractivity contribution in [2.45, 2.75) is 0 Å². The first-order valence-corrected chi connectivity index (χ1v) is 3.01. The van der Waals surface area contributed by atoms with Gasteiger partial charge in [0.2, 0.25) is 0 Å². The third-order valence-corrected chi connectivity index (χ3v) is 0.987. The molecular formula is C7H9N3. The van der Waals surface area contributed by atoms with Gasteiger partial charge < -0.3 is 0 Å². The zero-order valence-corrected chi connectivity index (χ0v) is 5.81. The molecule has 0 N–H and O–H groups in total. The molecule has 0 amide bonds. The van der Waals surface area contributed by atoms with Crippen LogP contribution in [0.1, 0.15) is 0 Å². The lowest BCUT2D eigenvalue weighted by Crippen LogP contribution is -1.88. The Hall–Kier alpha value is -1.38. The van der Waals surface area contributed by atoms with Crippen LogP contribution in [-0.2, 0) is 7.05 Å². The second kappa shape index (κ2) is 3.61. The summed E-state index contributed by atoms with van der Waals surface area (Å²) in [5.74, 6) is 0. The van der Waals surface area contributed by atoms with Crippen LogP contribution in [0, 0.1) is 0 Å². The first-order chi connectivity index (χ1) is 4.89. The Bertz CT molecular complexity index is 216. The van der Waals surface area contributed by atoms with E-state index in [4.69, 9.17) is 0 Å². The predicted molar refractivity (Wildman–Crippen MR) is 38.6 cm³/mol. The third kappa shape index (κ3) is 2.26. The van der Waals surface area contributed by atoms with Gasteiger partial charge in [0.15, 0.2) is 0 Å². The highest BCUT2D eigenvalue weighted by Crippen LogP contribution is 1.72. The van der Waals surface area contributed by atoms with E-state index in [2.05, 4.69) is 10.1 Å². The van der Waals surface area contributed by atoms with Gasteiger partial charge >= 0.3 is 0 Å². The number of rotatable bonds is 0. The fourth-order valence-electron chi connectivity index (χ4n) is 0.516. The van der Waals surface area contributed by atoms with Crippen molar-refractivity contribution >= 4 is 0 Å². The summed E-state index contributed by atoms with van der Waals surface area (Å²) in [7, 11) is 1.85. The number of aryl methyl sites for hydroxylation is 1. The van der Waals surface area contributed by atoms with Crippen LogP contribution in [0.2, 0.25) is 0 Å². The molecule has 0 unspecified atom stereocenters. The summed E-state index contributed by atoms with van der Waals surface area (Å²) in [5, 5.41) is 4.00. The highest BCUT2D eigenvalue weighted by atomic mass is 15.2. The molecule has 0 aliphatic heterocycles. The molecule has 3 heteroatoms. The van der Waals surface area contributed by atoms with Crippen LogP contribution in [0.15, 0.2) is 36.9 Å². The van der Waals surface area contributed by atoms with Gasteiger partial charge in [-0.2, -0.15) is 5.10 Å². The van der Waals surface area contributed by atoms with Gasteiger partial charge in [0.25, 0.3) is 0 Å². The van der Waals surface area contributed by atoms with Gasteiger partial charge in [-0.3, -0.25) is 9.67 Å². The van der Waals surface area contributed by atoms with Gasteiger partial charge in [-0.05, 0) is 12.1 Å². The number of aromatic nitrogens is 3. The Kier molecular flexibility index (Phi) is 2.43. The van der Waals surface area contributed by atoms with E-state index in [1.54, 1.807) is 29.5 Å². The molecule has 0 bridgehead atoms. The Morgan fingerprint density at radius 1 is 1.10 bits per heavy atom. The maximum absolute atomic E-state index is 4.00. The summed E-state index contributed by atoms with van der Waals surface area (Å²) in [6.45, 7) is 0. The number of hydrogen-bond donors (Lipinski definition) is 0. The van der Waals surface area contributed by atoms with Crippen molar-refractivity contribution < 1.29 is 0 Å². The summed E-state index contributed by atoms with van der Waals surface area (Å²) in [6.07, 6.45) is 6.89. The van der Waals surface area contributed by atoms with Gasteiger partial charge in [0.1, 0.15) is 0 Å². The highest BCUT2D eigenvalue weighted by Gasteiger charge is 1.66. The maximum atomic E-state index is 4.00. The topological polar surface area (TPSA) is 30.7 Å². The smallest absolute Gasteiger partial charge is 0.0474 e. The quantitative estimate of drug-likeness (QED) is 0.530. The van der Waals surface area contributed by atoms with Crippen LogP contribution in [-0.4, -0.2) is 14.8 Å². The lowest BCUT2D eigenvalue weighted by molar-refractivity contribution is 0.744. The second-order valence-corrected chi connectivity index (χ2v) is 1.82. The first kappa shape index (κ1) is 6.74. The summed E-state index contributed by atoms with van der Waals surface area (Å²) in [5.41, 5.74) is 0. The summed E-state index contributed by atoms with van der Waals surface area (Å²) >= 11 is 0. The second-order valence-electron chi connectivity index (χ2n) is 1.82. The first-order valence-electron chi connectivity index (χ1n) is 3.01. The molecule has 52 valence electrons. The molecule has 0 fully saturated rings. The zero-order valence-electron chi connectivity index (χ0n) is 5.81.